The summed E-state index contributed by atoms with van der Waals surface area (Å²) in [6.07, 6.45) is 0.409. The van der Waals surface area contributed by atoms with Gasteiger partial charge in [0.2, 0.25) is 5.91 Å². The number of benzene rings is 1. The second-order valence-electron chi connectivity index (χ2n) is 4.50. The third-order valence-corrected chi connectivity index (χ3v) is 3.20. The number of carbonyl (C=O) groups excluding carboxylic acids is 1. The maximum Gasteiger partial charge on any atom is 0.227 e. The fraction of sp³-hybridized carbons (Fsp3) is 0.417. The van der Waals surface area contributed by atoms with Crippen molar-refractivity contribution >= 4 is 17.3 Å². The summed E-state index contributed by atoms with van der Waals surface area (Å²) in [5, 5.41) is 3.53. The average molecular weight is 245 g/mol. The van der Waals surface area contributed by atoms with Gasteiger partial charge in [-0.15, -0.1) is 0 Å². The molecule has 2 N–H and O–H groups in total. The summed E-state index contributed by atoms with van der Waals surface area (Å²) in [5.41, 5.74) is 16.6. The highest BCUT2D eigenvalue weighted by molar-refractivity contribution is 5.98. The molecule has 1 aliphatic rings. The molecule has 1 aromatic carbocycles. The van der Waals surface area contributed by atoms with E-state index in [1.807, 2.05) is 25.1 Å². The van der Waals surface area contributed by atoms with Crippen LogP contribution in [0, 0.1) is 12.8 Å². The Kier molecular flexibility index (Phi) is 3.39. The number of nitrogen functional groups attached to an aromatic ring is 1. The van der Waals surface area contributed by atoms with Crippen LogP contribution in [0.1, 0.15) is 12.0 Å². The molecule has 0 bridgehead atoms. The number of nitrogens with zero attached hydrogens (tertiary/aromatic N) is 4. The molecule has 0 aliphatic carbocycles. The lowest BCUT2D eigenvalue weighted by molar-refractivity contribution is -0.117. The Hall–Kier alpha value is -2.20. The highest BCUT2D eigenvalue weighted by Gasteiger charge is 2.31. The monoisotopic (exact) mass is 245 g/mol. The van der Waals surface area contributed by atoms with Crippen LogP contribution >= 0.6 is 0 Å². The van der Waals surface area contributed by atoms with Crippen molar-refractivity contribution in [3.63, 3.8) is 0 Å². The molecule has 1 fully saturated rings. The zero-order chi connectivity index (χ0) is 13.1. The van der Waals surface area contributed by atoms with Gasteiger partial charge in [-0.2, -0.15) is 0 Å². The van der Waals surface area contributed by atoms with Crippen LogP contribution in [-0.2, 0) is 4.79 Å². The molecular weight excluding hydrogens is 230 g/mol. The molecule has 0 radical (unpaired) electrons. The van der Waals surface area contributed by atoms with E-state index in [1.54, 1.807) is 4.90 Å². The molecule has 0 saturated carbocycles. The SMILES string of the molecule is Cc1cccc(N2CC(CN=[N+]=[N-])CC2=O)c1N. The van der Waals surface area contributed by atoms with E-state index in [2.05, 4.69) is 10.0 Å². The van der Waals surface area contributed by atoms with Crippen molar-refractivity contribution in [2.75, 3.05) is 23.7 Å². The number of para-hydroxylation sites is 1. The first-order chi connectivity index (χ1) is 8.63. The van der Waals surface area contributed by atoms with Gasteiger partial charge in [-0.1, -0.05) is 17.2 Å². The Morgan fingerprint density at radius 2 is 2.39 bits per heavy atom. The van der Waals surface area contributed by atoms with Gasteiger partial charge in [0.05, 0.1) is 11.4 Å². The van der Waals surface area contributed by atoms with E-state index in [0.717, 1.165) is 11.3 Å². The van der Waals surface area contributed by atoms with Gasteiger partial charge < -0.3 is 10.6 Å². The Morgan fingerprint density at radius 3 is 3.11 bits per heavy atom. The van der Waals surface area contributed by atoms with Crippen LogP contribution < -0.4 is 10.6 Å². The number of aryl methyl sites for hydroxylation is 1. The molecule has 1 aliphatic heterocycles. The van der Waals surface area contributed by atoms with Crippen LogP contribution in [0.5, 0.6) is 0 Å². The highest BCUT2D eigenvalue weighted by atomic mass is 16.2. The number of azide groups is 1. The normalized spacial score (nSPS) is 18.8. The van der Waals surface area contributed by atoms with E-state index >= 15 is 0 Å². The van der Waals surface area contributed by atoms with E-state index < -0.39 is 0 Å². The van der Waals surface area contributed by atoms with Gasteiger partial charge in [0, 0.05) is 24.4 Å². The molecular formula is C12H15N5O. The summed E-state index contributed by atoms with van der Waals surface area (Å²) in [7, 11) is 0. The molecule has 1 amide bonds. The molecule has 18 heavy (non-hydrogen) atoms. The van der Waals surface area contributed by atoms with Crippen LogP contribution in [0.15, 0.2) is 23.3 Å². The van der Waals surface area contributed by atoms with Crippen LogP contribution in [-0.4, -0.2) is 19.0 Å². The van der Waals surface area contributed by atoms with Gasteiger partial charge >= 0.3 is 0 Å². The molecule has 0 aromatic heterocycles. The third kappa shape index (κ3) is 2.24. The largest absolute Gasteiger partial charge is 0.397 e. The minimum atomic E-state index is 0.0328. The highest BCUT2D eigenvalue weighted by Crippen LogP contribution is 2.31. The lowest BCUT2D eigenvalue weighted by atomic mass is 10.1. The van der Waals surface area contributed by atoms with Gasteiger partial charge in [0.25, 0.3) is 0 Å². The Balaban J connectivity index is 2.21. The molecule has 1 aromatic rings. The van der Waals surface area contributed by atoms with Crippen molar-refractivity contribution in [1.82, 2.24) is 0 Å². The topological polar surface area (TPSA) is 95.1 Å². The predicted octanol–water partition coefficient (Wildman–Crippen LogP) is 2.24. The van der Waals surface area contributed by atoms with E-state index in [9.17, 15) is 4.79 Å². The van der Waals surface area contributed by atoms with Crippen molar-refractivity contribution in [3.05, 3.63) is 34.2 Å². The summed E-state index contributed by atoms with van der Waals surface area (Å²) in [6.45, 7) is 2.83. The summed E-state index contributed by atoms with van der Waals surface area (Å²) in [5.74, 6) is 0.110. The summed E-state index contributed by atoms with van der Waals surface area (Å²) < 4.78 is 0. The van der Waals surface area contributed by atoms with E-state index in [4.69, 9.17) is 11.3 Å². The quantitative estimate of drug-likeness (QED) is 0.382. The number of rotatable bonds is 3. The molecule has 0 spiro atoms. The standard InChI is InChI=1S/C12H15N5O/c1-8-3-2-4-10(12(8)13)17-7-9(5-11(17)18)6-15-16-14/h2-4,9H,5-7,13H2,1H3. The minimum Gasteiger partial charge on any atom is -0.397 e. The first-order valence-electron chi connectivity index (χ1n) is 5.79. The van der Waals surface area contributed by atoms with Crippen molar-refractivity contribution in [3.8, 4) is 0 Å². The van der Waals surface area contributed by atoms with Gasteiger partial charge in [-0.3, -0.25) is 4.79 Å². The average Bonchev–Trinajstić information content (AvgIpc) is 2.71. The van der Waals surface area contributed by atoms with Crippen molar-refractivity contribution < 1.29 is 4.79 Å². The van der Waals surface area contributed by atoms with Crippen LogP contribution in [0.25, 0.3) is 10.4 Å². The minimum absolute atomic E-state index is 0.0328. The Bertz CT molecular complexity index is 521. The first-order valence-corrected chi connectivity index (χ1v) is 5.79. The van der Waals surface area contributed by atoms with E-state index in [0.29, 0.717) is 25.2 Å². The smallest absolute Gasteiger partial charge is 0.227 e. The van der Waals surface area contributed by atoms with Gasteiger partial charge in [0.15, 0.2) is 0 Å². The molecule has 2 rings (SSSR count). The zero-order valence-corrected chi connectivity index (χ0v) is 10.2. The Labute approximate surface area is 105 Å². The summed E-state index contributed by atoms with van der Waals surface area (Å²) >= 11 is 0. The lowest BCUT2D eigenvalue weighted by Gasteiger charge is -2.19. The molecule has 1 unspecified atom stereocenters. The number of nitrogens with two attached hydrogens (primary N) is 1. The fourth-order valence-corrected chi connectivity index (χ4v) is 2.19. The lowest BCUT2D eigenvalue weighted by Crippen LogP contribution is -2.25. The third-order valence-electron chi connectivity index (χ3n) is 3.20. The predicted molar refractivity (Wildman–Crippen MR) is 70.1 cm³/mol. The maximum atomic E-state index is 11.9. The van der Waals surface area contributed by atoms with Crippen molar-refractivity contribution in [1.29, 1.82) is 0 Å². The van der Waals surface area contributed by atoms with Crippen LogP contribution in [0.2, 0.25) is 0 Å². The summed E-state index contributed by atoms with van der Waals surface area (Å²) in [6, 6.07) is 5.64. The molecule has 1 heterocycles. The summed E-state index contributed by atoms with van der Waals surface area (Å²) in [4.78, 5) is 16.4. The van der Waals surface area contributed by atoms with Crippen LogP contribution in [0.4, 0.5) is 11.4 Å². The zero-order valence-electron chi connectivity index (χ0n) is 10.2. The number of anilines is 2. The van der Waals surface area contributed by atoms with Crippen molar-refractivity contribution in [2.45, 2.75) is 13.3 Å². The number of amides is 1. The second kappa shape index (κ2) is 4.98. The number of hydrogen-bond donors (Lipinski definition) is 1. The molecule has 94 valence electrons. The Morgan fingerprint density at radius 1 is 1.61 bits per heavy atom. The number of carbonyl (C=O) groups is 1. The fourth-order valence-electron chi connectivity index (χ4n) is 2.19. The van der Waals surface area contributed by atoms with Gasteiger partial charge in [-0.25, -0.2) is 0 Å². The molecule has 1 saturated heterocycles. The second-order valence-corrected chi connectivity index (χ2v) is 4.50. The number of hydrogen-bond acceptors (Lipinski definition) is 3. The maximum absolute atomic E-state index is 11.9. The molecule has 6 nitrogen and oxygen atoms in total. The van der Waals surface area contributed by atoms with Gasteiger partial charge in [0.1, 0.15) is 0 Å². The van der Waals surface area contributed by atoms with Gasteiger partial charge in [-0.05, 0) is 30.0 Å². The molecule has 1 atom stereocenters. The van der Waals surface area contributed by atoms with E-state index in [-0.39, 0.29) is 11.8 Å². The molecule has 6 heteroatoms. The van der Waals surface area contributed by atoms with Crippen LogP contribution in [0.3, 0.4) is 0 Å². The van der Waals surface area contributed by atoms with E-state index in [1.165, 1.54) is 0 Å². The first kappa shape index (κ1) is 12.3. The van der Waals surface area contributed by atoms with Crippen molar-refractivity contribution in [2.24, 2.45) is 11.0 Å².